The van der Waals surface area contributed by atoms with Crippen molar-refractivity contribution in [1.29, 1.82) is 0 Å². The fraction of sp³-hybridized carbons (Fsp3) is 0.0357. The summed E-state index contributed by atoms with van der Waals surface area (Å²) in [5.74, 6) is 0. The van der Waals surface area contributed by atoms with E-state index < -0.39 is 0 Å². The molecule has 0 amide bonds. The molecule has 1 heterocycles. The topological polar surface area (TPSA) is 12.9 Å². The van der Waals surface area contributed by atoms with Gasteiger partial charge in [0.25, 0.3) is 0 Å². The van der Waals surface area contributed by atoms with Crippen LogP contribution in [0.25, 0.3) is 33.0 Å². The van der Waals surface area contributed by atoms with Gasteiger partial charge in [-0.05, 0) is 50.2 Å². The highest BCUT2D eigenvalue weighted by Gasteiger charge is 2.50. The molecule has 7 rings (SSSR count). The maximum Gasteiger partial charge on any atom is 0.0898 e. The van der Waals surface area contributed by atoms with Crippen LogP contribution in [0.15, 0.2) is 103 Å². The summed E-state index contributed by atoms with van der Waals surface area (Å²) in [5, 5.41) is 2.64. The fourth-order valence-corrected chi connectivity index (χ4v) is 5.71. The summed E-state index contributed by atoms with van der Waals surface area (Å²) in [5.41, 5.74) is 9.95. The standard InChI is InChI=1S/C28H17N/c1-3-14-23-19(10-1)21-12-5-8-18-9-6-16-25(26(18)21)28(23)24-15-4-2-11-20(24)22-13-7-17-29-27(22)28/h1-17H. The minimum Gasteiger partial charge on any atom is -0.259 e. The first kappa shape index (κ1) is 15.2. The van der Waals surface area contributed by atoms with Crippen molar-refractivity contribution >= 4 is 10.8 Å². The van der Waals surface area contributed by atoms with E-state index in [0.717, 1.165) is 5.69 Å². The number of fused-ring (bicyclic) bond motifs is 9. The Morgan fingerprint density at radius 1 is 0.483 bits per heavy atom. The van der Waals surface area contributed by atoms with Crippen LogP contribution in [0.4, 0.5) is 0 Å². The second-order valence-corrected chi connectivity index (χ2v) is 7.95. The van der Waals surface area contributed by atoms with Crippen molar-refractivity contribution in [3.05, 3.63) is 126 Å². The van der Waals surface area contributed by atoms with Gasteiger partial charge in [0.15, 0.2) is 0 Å². The first-order chi connectivity index (χ1) is 14.4. The number of nitrogens with zero attached hydrogens (tertiary/aromatic N) is 1. The van der Waals surface area contributed by atoms with Crippen molar-refractivity contribution in [2.45, 2.75) is 5.41 Å². The molecule has 2 aliphatic rings. The molecule has 1 atom stereocenters. The number of hydrogen-bond acceptors (Lipinski definition) is 1. The summed E-state index contributed by atoms with van der Waals surface area (Å²) < 4.78 is 0. The Morgan fingerprint density at radius 2 is 1.07 bits per heavy atom. The molecular formula is C28H17N. The largest absolute Gasteiger partial charge is 0.259 e. The summed E-state index contributed by atoms with van der Waals surface area (Å²) in [6, 6.07) is 35.4. The molecule has 1 spiro atoms. The van der Waals surface area contributed by atoms with E-state index in [-0.39, 0.29) is 5.41 Å². The Labute approximate surface area is 169 Å². The highest BCUT2D eigenvalue weighted by molar-refractivity contribution is 6.06. The molecule has 1 nitrogen and oxygen atoms in total. The first-order valence-electron chi connectivity index (χ1n) is 10.1. The SMILES string of the molecule is c1ccc2c(c1)-c1cccnc1C21c2ccccc2-c2cccc3cccc1c23. The molecule has 1 heteroatoms. The van der Waals surface area contributed by atoms with Crippen LogP contribution in [0.3, 0.4) is 0 Å². The third kappa shape index (κ3) is 1.66. The minimum absolute atomic E-state index is 0.377. The van der Waals surface area contributed by atoms with Crippen LogP contribution in [0, 0.1) is 0 Å². The Hall–Kier alpha value is -3.71. The lowest BCUT2D eigenvalue weighted by Gasteiger charge is -2.39. The van der Waals surface area contributed by atoms with Crippen molar-refractivity contribution in [2.75, 3.05) is 0 Å². The van der Waals surface area contributed by atoms with Crippen molar-refractivity contribution in [3.8, 4) is 22.3 Å². The lowest BCUT2D eigenvalue weighted by Crippen LogP contribution is -2.32. The highest BCUT2D eigenvalue weighted by atomic mass is 14.7. The van der Waals surface area contributed by atoms with Gasteiger partial charge in [0.05, 0.1) is 11.1 Å². The van der Waals surface area contributed by atoms with Gasteiger partial charge in [0.2, 0.25) is 0 Å². The van der Waals surface area contributed by atoms with Crippen LogP contribution in [-0.4, -0.2) is 4.98 Å². The van der Waals surface area contributed by atoms with Gasteiger partial charge >= 0.3 is 0 Å². The molecule has 0 fully saturated rings. The summed E-state index contributed by atoms with van der Waals surface area (Å²) >= 11 is 0. The maximum absolute atomic E-state index is 5.01. The van der Waals surface area contributed by atoms with Crippen LogP contribution < -0.4 is 0 Å². The smallest absolute Gasteiger partial charge is 0.0898 e. The van der Waals surface area contributed by atoms with Crippen molar-refractivity contribution < 1.29 is 0 Å². The van der Waals surface area contributed by atoms with E-state index in [1.54, 1.807) is 0 Å². The van der Waals surface area contributed by atoms with E-state index in [9.17, 15) is 0 Å². The lowest BCUT2D eigenvalue weighted by atomic mass is 9.63. The molecule has 134 valence electrons. The molecule has 0 saturated heterocycles. The van der Waals surface area contributed by atoms with Crippen LogP contribution in [-0.2, 0) is 5.41 Å². The van der Waals surface area contributed by atoms with Crippen molar-refractivity contribution in [1.82, 2.24) is 4.98 Å². The quantitative estimate of drug-likeness (QED) is 0.295. The summed E-state index contributed by atoms with van der Waals surface area (Å²) in [6.45, 7) is 0. The highest BCUT2D eigenvalue weighted by Crippen LogP contribution is 2.60. The van der Waals surface area contributed by atoms with Gasteiger partial charge in [0, 0.05) is 11.8 Å². The van der Waals surface area contributed by atoms with Gasteiger partial charge in [-0.25, -0.2) is 0 Å². The number of pyridine rings is 1. The van der Waals surface area contributed by atoms with Crippen LogP contribution in [0.5, 0.6) is 0 Å². The number of aromatic nitrogens is 1. The van der Waals surface area contributed by atoms with Crippen molar-refractivity contribution in [2.24, 2.45) is 0 Å². The number of rotatable bonds is 0. The third-order valence-corrected chi connectivity index (χ3v) is 6.71. The number of hydrogen-bond donors (Lipinski definition) is 0. The Bertz CT molecular complexity index is 1410. The van der Waals surface area contributed by atoms with E-state index in [1.807, 2.05) is 6.20 Å². The van der Waals surface area contributed by atoms with Crippen molar-refractivity contribution in [3.63, 3.8) is 0 Å². The Kier molecular flexibility index (Phi) is 2.74. The second kappa shape index (κ2) is 5.21. The molecular weight excluding hydrogens is 350 g/mol. The summed E-state index contributed by atoms with van der Waals surface area (Å²) in [7, 11) is 0. The monoisotopic (exact) mass is 367 g/mol. The summed E-state index contributed by atoms with van der Waals surface area (Å²) in [6.07, 6.45) is 1.94. The van der Waals surface area contributed by atoms with Gasteiger partial charge < -0.3 is 0 Å². The third-order valence-electron chi connectivity index (χ3n) is 6.71. The molecule has 4 aromatic carbocycles. The van der Waals surface area contributed by atoms with E-state index >= 15 is 0 Å². The normalized spacial score (nSPS) is 17.8. The zero-order valence-corrected chi connectivity index (χ0v) is 15.8. The predicted octanol–water partition coefficient (Wildman–Crippen LogP) is 6.58. The zero-order chi connectivity index (χ0) is 19.0. The molecule has 5 aromatic rings. The van der Waals surface area contributed by atoms with Gasteiger partial charge in [-0.3, -0.25) is 4.98 Å². The second-order valence-electron chi connectivity index (χ2n) is 7.95. The molecule has 2 aliphatic carbocycles. The molecule has 29 heavy (non-hydrogen) atoms. The van der Waals surface area contributed by atoms with Crippen LogP contribution >= 0.6 is 0 Å². The molecule has 0 radical (unpaired) electrons. The average Bonchev–Trinajstić information content (AvgIpc) is 3.09. The minimum atomic E-state index is -0.377. The molecule has 1 unspecified atom stereocenters. The van der Waals surface area contributed by atoms with E-state index in [1.165, 1.54) is 49.7 Å². The fourth-order valence-electron chi connectivity index (χ4n) is 5.71. The van der Waals surface area contributed by atoms with E-state index in [4.69, 9.17) is 4.98 Å². The van der Waals surface area contributed by atoms with Gasteiger partial charge in [-0.2, -0.15) is 0 Å². The zero-order valence-electron chi connectivity index (χ0n) is 15.8. The maximum atomic E-state index is 5.01. The van der Waals surface area contributed by atoms with Crippen LogP contribution in [0.1, 0.15) is 22.4 Å². The molecule has 1 aromatic heterocycles. The molecule has 0 N–H and O–H groups in total. The average molecular weight is 367 g/mol. The number of benzene rings is 4. The summed E-state index contributed by atoms with van der Waals surface area (Å²) in [4.78, 5) is 5.01. The first-order valence-corrected chi connectivity index (χ1v) is 10.1. The van der Waals surface area contributed by atoms with E-state index in [0.29, 0.717) is 0 Å². The molecule has 0 saturated carbocycles. The molecule has 0 bridgehead atoms. The Morgan fingerprint density at radius 3 is 1.86 bits per heavy atom. The van der Waals surface area contributed by atoms with Crippen LogP contribution in [0.2, 0.25) is 0 Å². The van der Waals surface area contributed by atoms with Gasteiger partial charge in [-0.1, -0.05) is 91.0 Å². The Balaban J connectivity index is 1.80. The van der Waals surface area contributed by atoms with Gasteiger partial charge in [-0.15, -0.1) is 0 Å². The van der Waals surface area contributed by atoms with Gasteiger partial charge in [0.1, 0.15) is 0 Å². The van der Waals surface area contributed by atoms with E-state index in [2.05, 4.69) is 97.1 Å². The molecule has 0 aliphatic heterocycles. The predicted molar refractivity (Wildman–Crippen MR) is 118 cm³/mol. The lowest BCUT2D eigenvalue weighted by molar-refractivity contribution is 0.742.